The predicted molar refractivity (Wildman–Crippen MR) is 224 cm³/mol. The second kappa shape index (κ2) is 36.0. The molecule has 0 bridgehead atoms. The summed E-state index contributed by atoms with van der Waals surface area (Å²) in [6.45, 7) is 3.43. The van der Waals surface area contributed by atoms with Gasteiger partial charge in [-0.3, -0.25) is 4.79 Å². The van der Waals surface area contributed by atoms with Crippen LogP contribution in [0.2, 0.25) is 0 Å². The molecular weight excluding hydrogens is 714 g/mol. The molecule has 8 N–H and O–H groups in total. The molecule has 11 nitrogen and oxygen atoms in total. The van der Waals surface area contributed by atoms with Crippen LogP contribution in [0.5, 0.6) is 0 Å². The van der Waals surface area contributed by atoms with Crippen LogP contribution in [0.3, 0.4) is 0 Å². The average Bonchev–Trinajstić information content (AvgIpc) is 3.20. The van der Waals surface area contributed by atoms with Crippen LogP contribution < -0.4 is 5.32 Å². The van der Waals surface area contributed by atoms with Crippen LogP contribution >= 0.6 is 0 Å². The van der Waals surface area contributed by atoms with Crippen molar-refractivity contribution < 1.29 is 50.0 Å². The van der Waals surface area contributed by atoms with E-state index >= 15 is 0 Å². The van der Waals surface area contributed by atoms with E-state index in [1.54, 1.807) is 0 Å². The number of carbonyl (C=O) groups excluding carboxylic acids is 1. The van der Waals surface area contributed by atoms with Gasteiger partial charge in [-0.15, -0.1) is 0 Å². The lowest BCUT2D eigenvalue weighted by Crippen LogP contribution is -2.60. The van der Waals surface area contributed by atoms with E-state index in [9.17, 15) is 40.5 Å². The zero-order chi connectivity index (χ0) is 41.2. The Kier molecular flexibility index (Phi) is 34.2. The first-order chi connectivity index (χ1) is 27.2. The van der Waals surface area contributed by atoms with Crippen molar-refractivity contribution in [1.82, 2.24) is 5.32 Å². The molecule has 1 amide bonds. The minimum Gasteiger partial charge on any atom is -0.394 e. The van der Waals surface area contributed by atoms with Gasteiger partial charge in [0, 0.05) is 0 Å². The summed E-state index contributed by atoms with van der Waals surface area (Å²) in [5.41, 5.74) is 0. The fraction of sp³-hybridized carbons (Fsp3) is 0.978. The fourth-order valence-corrected chi connectivity index (χ4v) is 7.74. The van der Waals surface area contributed by atoms with E-state index in [1.165, 1.54) is 135 Å². The monoisotopic (exact) mass is 804 g/mol. The first-order valence-electron chi connectivity index (χ1n) is 23.4. The normalized spacial score (nSPS) is 22.2. The van der Waals surface area contributed by atoms with Gasteiger partial charge in [0.25, 0.3) is 0 Å². The smallest absolute Gasteiger partial charge is 0.249 e. The third-order valence-corrected chi connectivity index (χ3v) is 11.7. The van der Waals surface area contributed by atoms with E-state index in [0.29, 0.717) is 19.3 Å². The summed E-state index contributed by atoms with van der Waals surface area (Å²) in [6, 6.07) is -1.16. The largest absolute Gasteiger partial charge is 0.394 e. The van der Waals surface area contributed by atoms with Crippen molar-refractivity contribution in [1.29, 1.82) is 0 Å². The van der Waals surface area contributed by atoms with Crippen molar-refractivity contribution in [3.8, 4) is 0 Å². The van der Waals surface area contributed by atoms with Gasteiger partial charge in [-0.1, -0.05) is 200 Å². The van der Waals surface area contributed by atoms with E-state index in [1.807, 2.05) is 0 Å². The van der Waals surface area contributed by atoms with Crippen LogP contribution in [-0.4, -0.2) is 110 Å². The fourth-order valence-electron chi connectivity index (χ4n) is 7.74. The second-order valence-corrected chi connectivity index (χ2v) is 16.8. The number of rotatable bonds is 39. The van der Waals surface area contributed by atoms with Crippen LogP contribution in [-0.2, 0) is 14.3 Å². The molecule has 334 valence electrons. The molecule has 11 heteroatoms. The highest BCUT2D eigenvalue weighted by Crippen LogP contribution is 2.23. The molecule has 9 atom stereocenters. The number of ether oxygens (including phenoxy) is 2. The van der Waals surface area contributed by atoms with E-state index in [-0.39, 0.29) is 6.42 Å². The number of carbonyl (C=O) groups is 1. The Balaban J connectivity index is 2.39. The topological polar surface area (TPSA) is 189 Å². The minimum absolute atomic E-state index is 0.266. The molecule has 1 fully saturated rings. The first-order valence-corrected chi connectivity index (χ1v) is 23.4. The molecule has 1 saturated heterocycles. The molecule has 0 aromatic rings. The Morgan fingerprint density at radius 3 is 1.32 bits per heavy atom. The molecule has 0 aromatic carbocycles. The Morgan fingerprint density at radius 1 is 0.554 bits per heavy atom. The highest BCUT2D eigenvalue weighted by molar-refractivity contribution is 5.80. The van der Waals surface area contributed by atoms with Gasteiger partial charge >= 0.3 is 0 Å². The molecule has 0 saturated carbocycles. The van der Waals surface area contributed by atoms with Crippen molar-refractivity contribution in [2.45, 2.75) is 268 Å². The molecule has 56 heavy (non-hydrogen) atoms. The van der Waals surface area contributed by atoms with Gasteiger partial charge in [-0.05, 0) is 12.8 Å². The van der Waals surface area contributed by atoms with Gasteiger partial charge in [-0.25, -0.2) is 0 Å². The third kappa shape index (κ3) is 25.6. The lowest BCUT2D eigenvalue weighted by atomic mass is 9.98. The molecule has 0 spiro atoms. The van der Waals surface area contributed by atoms with Gasteiger partial charge in [0.2, 0.25) is 5.91 Å². The molecule has 1 aliphatic heterocycles. The molecule has 0 aromatic heterocycles. The Bertz CT molecular complexity index is 882. The Morgan fingerprint density at radius 2 is 0.929 bits per heavy atom. The molecule has 0 unspecified atom stereocenters. The highest BCUT2D eigenvalue weighted by Gasteiger charge is 2.44. The molecule has 0 aliphatic carbocycles. The van der Waals surface area contributed by atoms with Crippen molar-refractivity contribution in [2.24, 2.45) is 0 Å². The van der Waals surface area contributed by atoms with Gasteiger partial charge in [0.05, 0.1) is 25.4 Å². The van der Waals surface area contributed by atoms with Crippen LogP contribution in [0.1, 0.15) is 213 Å². The standard InChI is InChI=1S/C45H89NO10/c1-3-5-7-9-11-13-15-16-17-18-19-20-21-22-23-25-27-29-31-33-38(49)44(54)46-36(35-55-45-43(53)42(52)41(51)39(34-47)56-45)40(50)37(48)32-30-28-26-24-14-12-10-8-6-4-2/h36-43,45,47-53H,3-35H2,1-2H3,(H,46,54)/t36-,37+,38+,39+,40-,41-,42-,43+,45-/m0/s1. The minimum atomic E-state index is -1.65. The summed E-state index contributed by atoms with van der Waals surface area (Å²) in [5, 5.41) is 75.5. The number of aliphatic hydroxyl groups excluding tert-OH is 7. The van der Waals surface area contributed by atoms with Crippen molar-refractivity contribution in [3.05, 3.63) is 0 Å². The maximum atomic E-state index is 13.1. The number of unbranched alkanes of at least 4 members (excludes halogenated alkanes) is 27. The summed E-state index contributed by atoms with van der Waals surface area (Å²) in [6.07, 6.45) is 24.5. The molecular formula is C45H89NO10. The lowest BCUT2D eigenvalue weighted by molar-refractivity contribution is -0.303. The van der Waals surface area contributed by atoms with E-state index in [2.05, 4.69) is 19.2 Å². The maximum absolute atomic E-state index is 13.1. The highest BCUT2D eigenvalue weighted by atomic mass is 16.7. The average molecular weight is 804 g/mol. The SMILES string of the molecule is CCCCCCCCCCCCCCCCCCCCC[C@@H](O)C(=O)N[C@@H](CO[C@H]1O[C@H](CO)[C@H](O)[C@H](O)[C@H]1O)[C@H](O)[C@H](O)CCCCCCCCCCCC. The van der Waals surface area contributed by atoms with Gasteiger partial charge in [0.1, 0.15) is 36.6 Å². The third-order valence-electron chi connectivity index (χ3n) is 11.7. The van der Waals surface area contributed by atoms with Crippen LogP contribution in [0.25, 0.3) is 0 Å². The Labute approximate surface area is 341 Å². The molecule has 1 aliphatic rings. The van der Waals surface area contributed by atoms with Crippen molar-refractivity contribution >= 4 is 5.91 Å². The van der Waals surface area contributed by atoms with Gasteiger partial charge in [-0.2, -0.15) is 0 Å². The Hall–Kier alpha value is -0.890. The summed E-state index contributed by atoms with van der Waals surface area (Å²) in [4.78, 5) is 13.1. The van der Waals surface area contributed by atoms with Gasteiger partial charge < -0.3 is 50.5 Å². The van der Waals surface area contributed by atoms with E-state index in [4.69, 9.17) is 9.47 Å². The number of hydrogen-bond donors (Lipinski definition) is 8. The maximum Gasteiger partial charge on any atom is 0.249 e. The lowest BCUT2D eigenvalue weighted by Gasteiger charge is -2.40. The number of aliphatic hydroxyl groups is 7. The molecule has 0 radical (unpaired) electrons. The summed E-state index contributed by atoms with van der Waals surface area (Å²) >= 11 is 0. The number of amides is 1. The van der Waals surface area contributed by atoms with E-state index < -0.39 is 74.2 Å². The van der Waals surface area contributed by atoms with E-state index in [0.717, 1.165) is 38.5 Å². The summed E-state index contributed by atoms with van der Waals surface area (Å²) in [7, 11) is 0. The van der Waals surface area contributed by atoms with Gasteiger partial charge in [0.15, 0.2) is 6.29 Å². The zero-order valence-corrected chi connectivity index (χ0v) is 35.9. The number of nitrogens with one attached hydrogen (secondary N) is 1. The van der Waals surface area contributed by atoms with Crippen LogP contribution in [0.4, 0.5) is 0 Å². The van der Waals surface area contributed by atoms with Crippen LogP contribution in [0.15, 0.2) is 0 Å². The zero-order valence-electron chi connectivity index (χ0n) is 35.9. The predicted octanol–water partition coefficient (Wildman–Crippen LogP) is 7.50. The van der Waals surface area contributed by atoms with Crippen molar-refractivity contribution in [3.63, 3.8) is 0 Å². The molecule has 1 heterocycles. The van der Waals surface area contributed by atoms with Crippen LogP contribution in [0, 0.1) is 0 Å². The first kappa shape index (κ1) is 53.1. The number of hydrogen-bond acceptors (Lipinski definition) is 10. The van der Waals surface area contributed by atoms with Crippen molar-refractivity contribution in [2.75, 3.05) is 13.2 Å². The quantitative estimate of drug-likeness (QED) is 0.0289. The summed E-state index contributed by atoms with van der Waals surface area (Å²) < 4.78 is 11.1. The summed E-state index contributed by atoms with van der Waals surface area (Å²) in [5.74, 6) is -0.694. The molecule has 1 rings (SSSR count). The second-order valence-electron chi connectivity index (χ2n) is 16.8.